The van der Waals surface area contributed by atoms with E-state index in [9.17, 15) is 0 Å². The average molecular weight is 224 g/mol. The first-order chi connectivity index (χ1) is 7.16. The van der Waals surface area contributed by atoms with Gasteiger partial charge in [0.2, 0.25) is 0 Å². The van der Waals surface area contributed by atoms with E-state index in [-0.39, 0.29) is 0 Å². The predicted octanol–water partition coefficient (Wildman–Crippen LogP) is 3.29. The normalized spacial score (nSPS) is 28.2. The monoisotopic (exact) mass is 224 g/mol. The van der Waals surface area contributed by atoms with Crippen molar-refractivity contribution in [3.63, 3.8) is 0 Å². The van der Waals surface area contributed by atoms with E-state index >= 15 is 0 Å². The Labute approximate surface area is 96.1 Å². The van der Waals surface area contributed by atoms with Crippen molar-refractivity contribution < 1.29 is 0 Å². The van der Waals surface area contributed by atoms with Crippen molar-refractivity contribution in [2.45, 2.75) is 52.1 Å². The van der Waals surface area contributed by atoms with Gasteiger partial charge in [0, 0.05) is 17.0 Å². The van der Waals surface area contributed by atoms with E-state index in [1.54, 1.807) is 11.3 Å². The number of aryl methyl sites for hydroxylation is 1. The SMILES string of the molecule is Cc1ncsc1C(C)NC1CCC(C)C1. The van der Waals surface area contributed by atoms with Crippen molar-refractivity contribution >= 4 is 11.3 Å². The molecule has 3 heteroatoms. The van der Waals surface area contributed by atoms with Crippen LogP contribution in [0.2, 0.25) is 0 Å². The van der Waals surface area contributed by atoms with E-state index in [2.05, 4.69) is 31.1 Å². The molecule has 84 valence electrons. The Morgan fingerprint density at radius 3 is 2.87 bits per heavy atom. The first-order valence-corrected chi connectivity index (χ1v) is 6.71. The van der Waals surface area contributed by atoms with Crippen LogP contribution in [-0.2, 0) is 0 Å². The Balaban J connectivity index is 1.92. The van der Waals surface area contributed by atoms with Crippen molar-refractivity contribution in [3.8, 4) is 0 Å². The molecule has 0 saturated heterocycles. The molecule has 1 heterocycles. The molecule has 0 aliphatic heterocycles. The van der Waals surface area contributed by atoms with Gasteiger partial charge in [-0.25, -0.2) is 4.98 Å². The summed E-state index contributed by atoms with van der Waals surface area (Å²) in [6.07, 6.45) is 4.05. The zero-order chi connectivity index (χ0) is 10.8. The number of hydrogen-bond donors (Lipinski definition) is 1. The van der Waals surface area contributed by atoms with E-state index < -0.39 is 0 Å². The Morgan fingerprint density at radius 2 is 2.33 bits per heavy atom. The number of rotatable bonds is 3. The minimum Gasteiger partial charge on any atom is -0.307 e. The van der Waals surface area contributed by atoms with Crippen LogP contribution in [0.3, 0.4) is 0 Å². The minimum absolute atomic E-state index is 0.466. The summed E-state index contributed by atoms with van der Waals surface area (Å²) in [6, 6.07) is 1.18. The second-order valence-electron chi connectivity index (χ2n) is 4.81. The van der Waals surface area contributed by atoms with Crippen molar-refractivity contribution in [2.24, 2.45) is 5.92 Å². The summed E-state index contributed by atoms with van der Waals surface area (Å²) in [5.41, 5.74) is 3.13. The molecule has 0 bridgehead atoms. The molecule has 1 N–H and O–H groups in total. The molecule has 15 heavy (non-hydrogen) atoms. The van der Waals surface area contributed by atoms with Crippen LogP contribution in [0, 0.1) is 12.8 Å². The molecule has 0 amide bonds. The van der Waals surface area contributed by atoms with Gasteiger partial charge in [0.25, 0.3) is 0 Å². The lowest BCUT2D eigenvalue weighted by Crippen LogP contribution is -2.29. The number of nitrogens with one attached hydrogen (secondary N) is 1. The predicted molar refractivity (Wildman–Crippen MR) is 65.2 cm³/mol. The summed E-state index contributed by atoms with van der Waals surface area (Å²) < 4.78 is 0. The molecule has 1 aliphatic rings. The number of thiazole rings is 1. The highest BCUT2D eigenvalue weighted by Crippen LogP contribution is 2.28. The number of nitrogens with zero attached hydrogens (tertiary/aromatic N) is 1. The molecule has 1 aliphatic carbocycles. The second kappa shape index (κ2) is 4.62. The topological polar surface area (TPSA) is 24.9 Å². The molecule has 0 aromatic carbocycles. The summed E-state index contributed by atoms with van der Waals surface area (Å²) in [4.78, 5) is 5.70. The third-order valence-electron chi connectivity index (χ3n) is 3.36. The van der Waals surface area contributed by atoms with E-state index in [1.807, 2.05) is 5.51 Å². The Hall–Kier alpha value is -0.410. The Morgan fingerprint density at radius 1 is 1.53 bits per heavy atom. The molecule has 0 radical (unpaired) electrons. The molecule has 2 rings (SSSR count). The van der Waals surface area contributed by atoms with Gasteiger partial charge in [0.15, 0.2) is 0 Å². The van der Waals surface area contributed by atoms with E-state index in [0.29, 0.717) is 6.04 Å². The average Bonchev–Trinajstić information content (AvgIpc) is 2.75. The van der Waals surface area contributed by atoms with Crippen LogP contribution in [0.5, 0.6) is 0 Å². The standard InChI is InChI=1S/C12H20N2S/c1-8-4-5-11(6-8)14-10(3)12-9(2)13-7-15-12/h7-8,10-11,14H,4-6H2,1-3H3. The van der Waals surface area contributed by atoms with Crippen LogP contribution in [-0.4, -0.2) is 11.0 Å². The van der Waals surface area contributed by atoms with Crippen LogP contribution in [0.1, 0.15) is 49.7 Å². The fourth-order valence-corrected chi connectivity index (χ4v) is 3.33. The number of hydrogen-bond acceptors (Lipinski definition) is 3. The van der Waals surface area contributed by atoms with Gasteiger partial charge in [-0.05, 0) is 39.0 Å². The lowest BCUT2D eigenvalue weighted by molar-refractivity contribution is 0.451. The zero-order valence-corrected chi connectivity index (χ0v) is 10.6. The molecular formula is C12H20N2S. The zero-order valence-electron chi connectivity index (χ0n) is 9.79. The lowest BCUT2D eigenvalue weighted by Gasteiger charge is -2.18. The molecule has 2 nitrogen and oxygen atoms in total. The van der Waals surface area contributed by atoms with E-state index in [4.69, 9.17) is 0 Å². The lowest BCUT2D eigenvalue weighted by atomic mass is 10.1. The quantitative estimate of drug-likeness (QED) is 0.852. The molecule has 3 unspecified atom stereocenters. The van der Waals surface area contributed by atoms with E-state index in [1.165, 1.54) is 29.8 Å². The minimum atomic E-state index is 0.466. The van der Waals surface area contributed by atoms with Crippen molar-refractivity contribution in [3.05, 3.63) is 16.1 Å². The van der Waals surface area contributed by atoms with Gasteiger partial charge in [-0.2, -0.15) is 0 Å². The first kappa shape index (κ1) is 11.1. The molecule has 1 fully saturated rings. The first-order valence-electron chi connectivity index (χ1n) is 5.83. The van der Waals surface area contributed by atoms with Crippen molar-refractivity contribution in [1.29, 1.82) is 0 Å². The maximum Gasteiger partial charge on any atom is 0.0798 e. The van der Waals surface area contributed by atoms with Gasteiger partial charge in [0.1, 0.15) is 0 Å². The molecule has 1 saturated carbocycles. The highest BCUT2D eigenvalue weighted by molar-refractivity contribution is 7.09. The van der Waals surface area contributed by atoms with Crippen LogP contribution >= 0.6 is 11.3 Å². The Kier molecular flexibility index (Phi) is 3.42. The largest absolute Gasteiger partial charge is 0.307 e. The fourth-order valence-electron chi connectivity index (χ4n) is 2.51. The maximum absolute atomic E-state index is 4.31. The molecule has 3 atom stereocenters. The van der Waals surface area contributed by atoms with E-state index in [0.717, 1.165) is 12.0 Å². The molecule has 1 aromatic rings. The van der Waals surface area contributed by atoms with Gasteiger partial charge < -0.3 is 5.32 Å². The summed E-state index contributed by atoms with van der Waals surface area (Å²) in [5, 5.41) is 3.72. The molecule has 0 spiro atoms. The highest BCUT2D eigenvalue weighted by Gasteiger charge is 2.23. The second-order valence-corrected chi connectivity index (χ2v) is 5.69. The van der Waals surface area contributed by atoms with Crippen LogP contribution in [0.25, 0.3) is 0 Å². The van der Waals surface area contributed by atoms with Crippen LogP contribution in [0.15, 0.2) is 5.51 Å². The van der Waals surface area contributed by atoms with Crippen molar-refractivity contribution in [1.82, 2.24) is 10.3 Å². The Bertz CT molecular complexity index is 321. The fraction of sp³-hybridized carbons (Fsp3) is 0.750. The molecular weight excluding hydrogens is 204 g/mol. The van der Waals surface area contributed by atoms with Gasteiger partial charge >= 0.3 is 0 Å². The summed E-state index contributed by atoms with van der Waals surface area (Å²) in [6.45, 7) is 6.70. The summed E-state index contributed by atoms with van der Waals surface area (Å²) in [7, 11) is 0. The summed E-state index contributed by atoms with van der Waals surface area (Å²) >= 11 is 1.77. The van der Waals surface area contributed by atoms with Crippen LogP contribution in [0.4, 0.5) is 0 Å². The highest BCUT2D eigenvalue weighted by atomic mass is 32.1. The summed E-state index contributed by atoms with van der Waals surface area (Å²) in [5.74, 6) is 0.900. The number of aromatic nitrogens is 1. The van der Waals surface area contributed by atoms with Gasteiger partial charge in [0.05, 0.1) is 11.2 Å². The maximum atomic E-state index is 4.31. The van der Waals surface area contributed by atoms with Crippen molar-refractivity contribution in [2.75, 3.05) is 0 Å². The smallest absolute Gasteiger partial charge is 0.0798 e. The third kappa shape index (κ3) is 2.58. The van der Waals surface area contributed by atoms with Crippen LogP contribution < -0.4 is 5.32 Å². The van der Waals surface area contributed by atoms with Gasteiger partial charge in [-0.1, -0.05) is 6.92 Å². The van der Waals surface area contributed by atoms with Gasteiger partial charge in [-0.3, -0.25) is 0 Å². The third-order valence-corrected chi connectivity index (χ3v) is 4.47. The van der Waals surface area contributed by atoms with Gasteiger partial charge in [-0.15, -0.1) is 11.3 Å². The molecule has 1 aromatic heterocycles.